The van der Waals surface area contributed by atoms with Crippen LogP contribution in [0.1, 0.15) is 27.0 Å². The number of nitrogens with one attached hydrogen (secondary N) is 1. The van der Waals surface area contributed by atoms with Gasteiger partial charge in [-0.2, -0.15) is 30.6 Å². The Balaban J connectivity index is 1.54. The van der Waals surface area contributed by atoms with E-state index in [1.807, 2.05) is 12.1 Å². The fourth-order valence-electron chi connectivity index (χ4n) is 5.03. The molecule has 0 aliphatic carbocycles. The predicted octanol–water partition coefficient (Wildman–Crippen LogP) is 5.96. The molecule has 4 aromatic rings. The number of fused-ring (bicyclic) bond motifs is 1. The van der Waals surface area contributed by atoms with E-state index in [1.54, 1.807) is 36.5 Å². The zero-order valence-electron chi connectivity index (χ0n) is 21.2. The molecular weight excluding hydrogens is 572 g/mol. The Morgan fingerprint density at radius 3 is 2.10 bits per heavy atom. The Bertz CT molecular complexity index is 1650. The van der Waals surface area contributed by atoms with Gasteiger partial charge in [0.25, 0.3) is 5.91 Å². The zero-order valence-corrected chi connectivity index (χ0v) is 22.0. The highest BCUT2D eigenvalue weighted by Gasteiger charge is 2.40. The maximum Gasteiger partial charge on any atom is 0.416 e. The molecule has 1 aromatic heterocycles. The molecule has 2 heterocycles. The minimum atomic E-state index is -5.12. The van der Waals surface area contributed by atoms with Crippen LogP contribution in [0.2, 0.25) is 0 Å². The van der Waals surface area contributed by atoms with Gasteiger partial charge in [-0.05, 0) is 48.4 Å². The van der Waals surface area contributed by atoms with Crippen molar-refractivity contribution in [1.82, 2.24) is 14.2 Å². The van der Waals surface area contributed by atoms with Gasteiger partial charge in [0.2, 0.25) is 10.0 Å². The van der Waals surface area contributed by atoms with Gasteiger partial charge in [0.05, 0.1) is 16.0 Å². The Labute approximate surface area is 231 Å². The highest BCUT2D eigenvalue weighted by atomic mass is 32.2. The number of benzene rings is 3. The number of carbonyl (C=O) groups is 1. The number of H-pyrrole nitrogens is 1. The van der Waals surface area contributed by atoms with E-state index in [2.05, 4.69) is 4.98 Å². The lowest BCUT2D eigenvalue weighted by Crippen LogP contribution is -2.57. The van der Waals surface area contributed by atoms with Crippen LogP contribution in [0, 0.1) is 0 Å². The second kappa shape index (κ2) is 10.5. The first-order valence-electron chi connectivity index (χ1n) is 12.5. The van der Waals surface area contributed by atoms with E-state index in [0.717, 1.165) is 15.8 Å². The molecule has 1 atom stereocenters. The minimum absolute atomic E-state index is 0.0262. The molecule has 1 amide bonds. The smallest absolute Gasteiger partial charge is 0.361 e. The van der Waals surface area contributed by atoms with Gasteiger partial charge < -0.3 is 9.88 Å². The van der Waals surface area contributed by atoms with Crippen LogP contribution in [0.3, 0.4) is 0 Å². The Kier molecular flexibility index (Phi) is 7.36. The summed E-state index contributed by atoms with van der Waals surface area (Å²) in [5, 5.41) is 0.793. The molecule has 0 radical (unpaired) electrons. The van der Waals surface area contributed by atoms with E-state index < -0.39 is 51.0 Å². The minimum Gasteiger partial charge on any atom is -0.361 e. The van der Waals surface area contributed by atoms with E-state index in [-0.39, 0.29) is 37.0 Å². The van der Waals surface area contributed by atoms with Crippen molar-refractivity contribution in [3.63, 3.8) is 0 Å². The third-order valence-electron chi connectivity index (χ3n) is 7.05. The van der Waals surface area contributed by atoms with Crippen molar-refractivity contribution in [2.24, 2.45) is 0 Å². The SMILES string of the molecule is O=C(c1cc(C(F)(F)F)cc(C(F)(F)F)c1)N1CCN(S(=O)(=O)c2ccccc2)CC1Cc1c[nH]c2ccccc12. The standard InChI is InChI=1S/C28H23F6N3O3S/c29-27(30,31)20-12-18(13-21(15-20)28(32,33)34)26(38)37-11-10-36(41(39,40)23-6-2-1-3-7-23)17-22(37)14-19-16-35-25-9-5-4-8-24(19)25/h1-9,12-13,15-16,22,35H,10-11,14,17H2. The molecule has 3 aromatic carbocycles. The molecule has 6 nitrogen and oxygen atoms in total. The summed E-state index contributed by atoms with van der Waals surface area (Å²) >= 11 is 0. The topological polar surface area (TPSA) is 73.5 Å². The van der Waals surface area contributed by atoms with Crippen LogP contribution in [-0.4, -0.2) is 54.2 Å². The quantitative estimate of drug-likeness (QED) is 0.290. The highest BCUT2D eigenvalue weighted by molar-refractivity contribution is 7.89. The van der Waals surface area contributed by atoms with Crippen LogP contribution in [-0.2, 0) is 28.8 Å². The molecule has 0 spiro atoms. The van der Waals surface area contributed by atoms with E-state index in [0.29, 0.717) is 17.7 Å². The van der Waals surface area contributed by atoms with Gasteiger partial charge in [0.15, 0.2) is 0 Å². The Morgan fingerprint density at radius 2 is 1.46 bits per heavy atom. The fraction of sp³-hybridized carbons (Fsp3) is 0.250. The first-order chi connectivity index (χ1) is 19.2. The van der Waals surface area contributed by atoms with Crippen molar-refractivity contribution in [3.8, 4) is 0 Å². The van der Waals surface area contributed by atoms with E-state index in [9.17, 15) is 39.6 Å². The number of halogens is 6. The molecule has 1 unspecified atom stereocenters. The molecule has 13 heteroatoms. The number of rotatable bonds is 5. The number of sulfonamides is 1. The average molecular weight is 596 g/mol. The molecule has 1 saturated heterocycles. The monoisotopic (exact) mass is 595 g/mol. The lowest BCUT2D eigenvalue weighted by atomic mass is 9.99. The maximum atomic E-state index is 13.6. The van der Waals surface area contributed by atoms with Crippen molar-refractivity contribution in [1.29, 1.82) is 0 Å². The van der Waals surface area contributed by atoms with E-state index >= 15 is 0 Å². The first kappa shape index (κ1) is 28.7. The van der Waals surface area contributed by atoms with Gasteiger partial charge in [0.1, 0.15) is 0 Å². The third kappa shape index (κ3) is 5.82. The maximum absolute atomic E-state index is 13.6. The molecular formula is C28H23F6N3O3S. The van der Waals surface area contributed by atoms with Gasteiger partial charge in [-0.25, -0.2) is 8.42 Å². The van der Waals surface area contributed by atoms with E-state index in [1.165, 1.54) is 16.4 Å². The van der Waals surface area contributed by atoms with Crippen molar-refractivity contribution in [3.05, 3.63) is 101 Å². The third-order valence-corrected chi connectivity index (χ3v) is 8.93. The van der Waals surface area contributed by atoms with Crippen LogP contribution in [0.15, 0.2) is 83.9 Å². The van der Waals surface area contributed by atoms with Crippen molar-refractivity contribution in [2.45, 2.75) is 29.7 Å². The largest absolute Gasteiger partial charge is 0.416 e. The number of alkyl halides is 6. The molecule has 0 bridgehead atoms. The number of nitrogens with zero attached hydrogens (tertiary/aromatic N) is 2. The number of amides is 1. The Hall–Kier alpha value is -3.84. The molecule has 1 N–H and O–H groups in total. The molecule has 1 aliphatic heterocycles. The number of hydrogen-bond acceptors (Lipinski definition) is 3. The number of piperazine rings is 1. The van der Waals surface area contributed by atoms with Gasteiger partial charge >= 0.3 is 12.4 Å². The molecule has 216 valence electrons. The summed E-state index contributed by atoms with van der Waals surface area (Å²) in [6.45, 7) is -0.651. The van der Waals surface area contributed by atoms with Crippen LogP contribution < -0.4 is 0 Å². The molecule has 1 fully saturated rings. The summed E-state index contributed by atoms with van der Waals surface area (Å²) in [5.74, 6) is -1.05. The van der Waals surface area contributed by atoms with Gasteiger partial charge in [-0.15, -0.1) is 0 Å². The molecule has 41 heavy (non-hydrogen) atoms. The lowest BCUT2D eigenvalue weighted by molar-refractivity contribution is -0.143. The second-order valence-electron chi connectivity index (χ2n) is 9.69. The van der Waals surface area contributed by atoms with Gasteiger partial charge in [-0.1, -0.05) is 36.4 Å². The Morgan fingerprint density at radius 1 is 0.854 bits per heavy atom. The second-order valence-corrected chi connectivity index (χ2v) is 11.6. The summed E-state index contributed by atoms with van der Waals surface area (Å²) in [4.78, 5) is 17.9. The fourth-order valence-corrected chi connectivity index (χ4v) is 6.52. The molecule has 0 saturated carbocycles. The highest BCUT2D eigenvalue weighted by Crippen LogP contribution is 2.37. The summed E-state index contributed by atoms with van der Waals surface area (Å²) in [6, 6.07) is 14.7. The zero-order chi connectivity index (χ0) is 29.6. The number of para-hydroxylation sites is 1. The summed E-state index contributed by atoms with van der Waals surface area (Å²) in [7, 11) is -3.99. The van der Waals surface area contributed by atoms with Gasteiger partial charge in [0, 0.05) is 48.3 Å². The number of hydrogen-bond donors (Lipinski definition) is 1. The summed E-state index contributed by atoms with van der Waals surface area (Å²) in [6.07, 6.45) is -8.46. The number of carbonyl (C=O) groups excluding carboxylic acids is 1. The molecule has 1 aliphatic rings. The van der Waals surface area contributed by atoms with Gasteiger partial charge in [-0.3, -0.25) is 4.79 Å². The lowest BCUT2D eigenvalue weighted by Gasteiger charge is -2.41. The van der Waals surface area contributed by atoms with Crippen LogP contribution >= 0.6 is 0 Å². The number of aromatic nitrogens is 1. The van der Waals surface area contributed by atoms with Crippen LogP contribution in [0.25, 0.3) is 10.9 Å². The van der Waals surface area contributed by atoms with Crippen molar-refractivity contribution >= 4 is 26.8 Å². The van der Waals surface area contributed by atoms with Crippen LogP contribution in [0.4, 0.5) is 26.3 Å². The first-order valence-corrected chi connectivity index (χ1v) is 13.9. The van der Waals surface area contributed by atoms with E-state index in [4.69, 9.17) is 0 Å². The summed E-state index contributed by atoms with van der Waals surface area (Å²) in [5.41, 5.74) is -2.50. The summed E-state index contributed by atoms with van der Waals surface area (Å²) < 4.78 is 109. The number of aromatic amines is 1. The van der Waals surface area contributed by atoms with Crippen LogP contribution in [0.5, 0.6) is 0 Å². The van der Waals surface area contributed by atoms with Crippen molar-refractivity contribution < 1.29 is 39.6 Å². The van der Waals surface area contributed by atoms with Crippen molar-refractivity contribution in [2.75, 3.05) is 19.6 Å². The normalized spacial score (nSPS) is 17.2. The predicted molar refractivity (Wildman–Crippen MR) is 138 cm³/mol. The molecule has 5 rings (SSSR count). The average Bonchev–Trinajstić information content (AvgIpc) is 3.34.